The number of hydrogen-bond donors (Lipinski definition) is 3. The zero-order valence-electron chi connectivity index (χ0n) is 25.7. The fraction of sp³-hybridized carbons (Fsp3) is 0.500. The Morgan fingerprint density at radius 2 is 1.59 bits per heavy atom. The summed E-state index contributed by atoms with van der Waals surface area (Å²) in [5, 5.41) is 6.10. The molecule has 0 radical (unpaired) electrons. The number of nitrogens with one attached hydrogen (secondary N) is 2. The minimum atomic E-state index is -4.06. The third-order valence-electron chi connectivity index (χ3n) is 9.26. The van der Waals surface area contributed by atoms with Gasteiger partial charge in [-0.05, 0) is 35.8 Å². The van der Waals surface area contributed by atoms with E-state index < -0.39 is 80.9 Å². The number of carbonyl (C=O) groups excluding carboxylic acids is 3. The van der Waals surface area contributed by atoms with E-state index in [0.29, 0.717) is 18.6 Å². The Bertz CT molecular complexity index is 1680. The number of sulfonamides is 1. The van der Waals surface area contributed by atoms with E-state index >= 15 is 0 Å². The van der Waals surface area contributed by atoms with Gasteiger partial charge in [0, 0.05) is 17.5 Å². The highest BCUT2D eigenvalue weighted by Gasteiger charge is 2.66. The van der Waals surface area contributed by atoms with E-state index in [1.807, 2.05) is 53.3 Å². The molecule has 4 aliphatic rings. The molecule has 11 nitrogen and oxygen atoms in total. The van der Waals surface area contributed by atoms with Gasteiger partial charge in [-0.2, -0.15) is 0 Å². The number of benzene rings is 2. The molecule has 5 atom stereocenters. The van der Waals surface area contributed by atoms with Crippen molar-refractivity contribution in [2.75, 3.05) is 6.54 Å². The Kier molecular flexibility index (Phi) is 7.95. The first-order valence-electron chi connectivity index (χ1n) is 15.3. The predicted octanol–water partition coefficient (Wildman–Crippen LogP) is 2.53. The molecule has 0 aromatic heterocycles. The molecule has 3 amide bonds. The van der Waals surface area contributed by atoms with Gasteiger partial charge in [0.05, 0.1) is 23.8 Å². The number of amides is 3. The second kappa shape index (κ2) is 11.4. The highest BCUT2D eigenvalue weighted by molar-refractivity contribution is 7.91. The number of carbonyl (C=O) groups is 3. The highest BCUT2D eigenvalue weighted by atomic mass is 32.2. The molecule has 3 aliphatic carbocycles. The van der Waals surface area contributed by atoms with E-state index in [-0.39, 0.29) is 13.0 Å². The summed E-state index contributed by atoms with van der Waals surface area (Å²) in [6.07, 6.45) is -3.56. The maximum Gasteiger partial charge on any atom is 0.259 e. The Labute approximate surface area is 266 Å². The Balaban J connectivity index is 1.26. The molecule has 246 valence electrons. The average Bonchev–Trinajstić information content (AvgIpc) is 3.92. The fourth-order valence-corrected chi connectivity index (χ4v) is 7.54. The van der Waals surface area contributed by atoms with Crippen molar-refractivity contribution in [3.8, 4) is 11.1 Å². The van der Waals surface area contributed by atoms with Gasteiger partial charge in [0.2, 0.25) is 28.3 Å². The molecule has 2 saturated carbocycles. The Morgan fingerprint density at radius 1 is 1.02 bits per heavy atom. The van der Waals surface area contributed by atoms with Crippen LogP contribution in [-0.4, -0.2) is 78.7 Å². The normalized spacial score (nSPS) is 25.8. The van der Waals surface area contributed by atoms with E-state index in [1.54, 1.807) is 20.8 Å². The minimum Gasteiger partial charge on any atom is -0.390 e. The largest absolute Gasteiger partial charge is 0.390 e. The van der Waals surface area contributed by atoms with Crippen LogP contribution in [0.1, 0.15) is 57.6 Å². The van der Waals surface area contributed by atoms with Crippen LogP contribution in [0.15, 0.2) is 53.7 Å². The van der Waals surface area contributed by atoms with Crippen LogP contribution in [0.5, 0.6) is 0 Å². The molecule has 3 fully saturated rings. The van der Waals surface area contributed by atoms with E-state index in [1.165, 1.54) is 4.90 Å². The lowest BCUT2D eigenvalue weighted by molar-refractivity contribution is -0.142. The van der Waals surface area contributed by atoms with Gasteiger partial charge in [-0.25, -0.2) is 17.2 Å². The van der Waals surface area contributed by atoms with Crippen LogP contribution in [0.25, 0.3) is 11.1 Å². The van der Waals surface area contributed by atoms with Crippen LogP contribution in [0, 0.1) is 11.3 Å². The molecular formula is C32H37F2N5O6S. The summed E-state index contributed by atoms with van der Waals surface area (Å²) < 4.78 is 54.6. The van der Waals surface area contributed by atoms with Gasteiger partial charge in [-0.1, -0.05) is 74.5 Å². The van der Waals surface area contributed by atoms with Gasteiger partial charge in [-0.3, -0.25) is 19.1 Å². The summed E-state index contributed by atoms with van der Waals surface area (Å²) in [4.78, 5) is 47.8. The van der Waals surface area contributed by atoms with Gasteiger partial charge in [0.25, 0.3) is 5.91 Å². The van der Waals surface area contributed by atoms with Crippen LogP contribution >= 0.6 is 0 Å². The van der Waals surface area contributed by atoms with Crippen LogP contribution < -0.4 is 15.8 Å². The fourth-order valence-electron chi connectivity index (χ4n) is 6.17. The molecule has 6 rings (SSSR count). The molecule has 0 unspecified atom stereocenters. The molecule has 0 bridgehead atoms. The second-order valence-electron chi connectivity index (χ2n) is 13.6. The smallest absolute Gasteiger partial charge is 0.259 e. The number of halogens is 2. The highest BCUT2D eigenvalue weighted by Crippen LogP contribution is 2.48. The minimum absolute atomic E-state index is 0.0636. The van der Waals surface area contributed by atoms with Gasteiger partial charge in [-0.15, -0.1) is 0 Å². The van der Waals surface area contributed by atoms with Crippen molar-refractivity contribution >= 4 is 33.5 Å². The molecule has 46 heavy (non-hydrogen) atoms. The molecule has 2 aromatic rings. The van der Waals surface area contributed by atoms with Gasteiger partial charge in [0.1, 0.15) is 23.4 Å². The van der Waals surface area contributed by atoms with Gasteiger partial charge in [0.15, 0.2) is 0 Å². The van der Waals surface area contributed by atoms with Crippen molar-refractivity contribution in [3.05, 3.63) is 59.7 Å². The van der Waals surface area contributed by atoms with Crippen molar-refractivity contribution in [1.82, 2.24) is 14.9 Å². The van der Waals surface area contributed by atoms with E-state index in [0.717, 1.165) is 22.3 Å². The number of oxime groups is 1. The van der Waals surface area contributed by atoms with Crippen LogP contribution in [-0.2, 0) is 29.2 Å². The number of nitrogens with two attached hydrogens (primary N) is 1. The Morgan fingerprint density at radius 3 is 2.09 bits per heavy atom. The maximum absolute atomic E-state index is 13.9. The molecule has 1 saturated heterocycles. The lowest BCUT2D eigenvalue weighted by atomic mass is 9.86. The van der Waals surface area contributed by atoms with Crippen molar-refractivity contribution in [2.45, 2.75) is 81.9 Å². The van der Waals surface area contributed by atoms with E-state index in [4.69, 9.17) is 10.6 Å². The molecule has 0 spiro atoms. The molecular weight excluding hydrogens is 620 g/mol. The first kappa shape index (κ1) is 32.0. The van der Waals surface area contributed by atoms with Crippen molar-refractivity contribution in [1.29, 1.82) is 0 Å². The quantitative estimate of drug-likeness (QED) is 0.298. The van der Waals surface area contributed by atoms with Crippen molar-refractivity contribution in [3.63, 3.8) is 0 Å². The SMILES string of the molecule is CC(C)(C)[C@H](N)C(=O)N1C[C@H](ON=C2c3ccccc3-c3ccccc32)C[C@H]1C(=O)N[C@]1(C(=O)NS(=O)(=O)C2CC2)C[C@H]1C(F)F. The average molecular weight is 658 g/mol. The molecule has 1 heterocycles. The first-order chi connectivity index (χ1) is 21.6. The van der Waals surface area contributed by atoms with Crippen molar-refractivity contribution < 1.29 is 36.4 Å². The Hall–Kier alpha value is -3.91. The summed E-state index contributed by atoms with van der Waals surface area (Å²) in [5.41, 5.74) is 7.77. The second-order valence-corrected chi connectivity index (χ2v) is 15.6. The monoisotopic (exact) mass is 657 g/mol. The lowest BCUT2D eigenvalue weighted by Gasteiger charge is -2.33. The van der Waals surface area contributed by atoms with Crippen LogP contribution in [0.2, 0.25) is 0 Å². The predicted molar refractivity (Wildman–Crippen MR) is 165 cm³/mol. The van der Waals surface area contributed by atoms with E-state index in [9.17, 15) is 31.6 Å². The summed E-state index contributed by atoms with van der Waals surface area (Å²) in [5.74, 6) is -4.24. The van der Waals surface area contributed by atoms with Crippen LogP contribution in [0.3, 0.4) is 0 Å². The lowest BCUT2D eigenvalue weighted by Crippen LogP contribution is -2.59. The maximum atomic E-state index is 13.9. The zero-order valence-corrected chi connectivity index (χ0v) is 26.5. The number of likely N-dealkylation sites (tertiary alicyclic amines) is 1. The molecule has 2 aromatic carbocycles. The van der Waals surface area contributed by atoms with Crippen molar-refractivity contribution in [2.24, 2.45) is 22.2 Å². The summed E-state index contributed by atoms with van der Waals surface area (Å²) in [6.45, 7) is 5.24. The van der Waals surface area contributed by atoms with Gasteiger partial charge < -0.3 is 20.8 Å². The zero-order chi connectivity index (χ0) is 33.2. The molecule has 4 N–H and O–H groups in total. The summed E-state index contributed by atoms with van der Waals surface area (Å²) in [7, 11) is -4.06. The molecule has 14 heteroatoms. The standard InChI is InChI=1S/C32H37F2N5O6S/c1-31(2,3)26(35)29(41)39-16-17(45-37-25-21-10-6-4-8-19(21)20-9-5-7-11-22(20)25)14-24(39)28(40)36-32(15-23(32)27(33)34)30(42)38-46(43,44)18-12-13-18/h4-11,17-18,23-24,26-27H,12-16,35H2,1-3H3,(H,36,40)(H,38,42)/t17-,23+,24+,26-,32-/m1/s1. The first-order valence-corrected chi connectivity index (χ1v) is 16.8. The number of fused-ring (bicyclic) bond motifs is 3. The van der Waals surface area contributed by atoms with E-state index in [2.05, 4.69) is 10.5 Å². The number of rotatable bonds is 9. The van der Waals surface area contributed by atoms with Gasteiger partial charge >= 0.3 is 0 Å². The topological polar surface area (TPSA) is 160 Å². The third-order valence-corrected chi connectivity index (χ3v) is 11.1. The third kappa shape index (κ3) is 5.76. The summed E-state index contributed by atoms with van der Waals surface area (Å²) in [6, 6.07) is 13.2. The summed E-state index contributed by atoms with van der Waals surface area (Å²) >= 11 is 0. The number of nitrogens with zero attached hydrogens (tertiary/aromatic N) is 2. The van der Waals surface area contributed by atoms with Crippen LogP contribution in [0.4, 0.5) is 8.78 Å². The molecule has 1 aliphatic heterocycles. The number of hydrogen-bond acceptors (Lipinski definition) is 8. The number of alkyl halides is 2.